The number of sulfonamides is 1. The predicted molar refractivity (Wildman–Crippen MR) is 88.2 cm³/mol. The molecule has 1 aliphatic carbocycles. The number of benzene rings is 1. The summed E-state index contributed by atoms with van der Waals surface area (Å²) in [5.74, 6) is 0.128. The van der Waals surface area contributed by atoms with Crippen molar-refractivity contribution in [2.24, 2.45) is 16.8 Å². The third-order valence-electron chi connectivity index (χ3n) is 3.88. The minimum absolute atomic E-state index is 0. The van der Waals surface area contributed by atoms with Crippen molar-refractivity contribution in [3.8, 4) is 0 Å². The molecule has 0 spiro atoms. The first-order chi connectivity index (χ1) is 9.86. The molecule has 1 aromatic carbocycles. The van der Waals surface area contributed by atoms with Gasteiger partial charge in [-0.3, -0.25) is 4.79 Å². The lowest BCUT2D eigenvalue weighted by Crippen LogP contribution is -2.35. The highest BCUT2D eigenvalue weighted by Crippen LogP contribution is 2.26. The van der Waals surface area contributed by atoms with Gasteiger partial charge in [0.2, 0.25) is 15.9 Å². The third-order valence-corrected chi connectivity index (χ3v) is 4.81. The number of hydrogen-bond donors (Lipinski definition) is 3. The van der Waals surface area contributed by atoms with E-state index >= 15 is 0 Å². The van der Waals surface area contributed by atoms with Crippen molar-refractivity contribution in [3.05, 3.63) is 24.3 Å². The number of halogens is 1. The Balaban J connectivity index is 0.00000242. The van der Waals surface area contributed by atoms with E-state index in [4.69, 9.17) is 10.9 Å². The van der Waals surface area contributed by atoms with Gasteiger partial charge < -0.3 is 11.1 Å². The molecule has 6 nitrogen and oxygen atoms in total. The van der Waals surface area contributed by atoms with Gasteiger partial charge in [0.15, 0.2) is 0 Å². The molecule has 0 saturated heterocycles. The quantitative estimate of drug-likeness (QED) is 0.767. The lowest BCUT2D eigenvalue weighted by molar-refractivity contribution is -0.117. The Hall–Kier alpha value is -1.15. The van der Waals surface area contributed by atoms with E-state index in [0.717, 1.165) is 25.7 Å². The average Bonchev–Trinajstić information content (AvgIpc) is 2.41. The Labute approximate surface area is 137 Å². The number of nitrogens with two attached hydrogens (primary N) is 2. The van der Waals surface area contributed by atoms with Crippen LogP contribution in [-0.4, -0.2) is 20.4 Å². The van der Waals surface area contributed by atoms with E-state index in [1.807, 2.05) is 0 Å². The predicted octanol–water partition coefficient (Wildman–Crippen LogP) is 1.60. The normalized spacial score (nSPS) is 21.7. The summed E-state index contributed by atoms with van der Waals surface area (Å²) in [5.41, 5.74) is 6.58. The van der Waals surface area contributed by atoms with Crippen LogP contribution in [0, 0.1) is 5.92 Å². The lowest BCUT2D eigenvalue weighted by atomic mass is 9.83. The van der Waals surface area contributed by atoms with Gasteiger partial charge in [-0.1, -0.05) is 12.8 Å². The van der Waals surface area contributed by atoms with Gasteiger partial charge >= 0.3 is 0 Å². The van der Waals surface area contributed by atoms with Gasteiger partial charge in [0.1, 0.15) is 0 Å². The molecule has 1 saturated carbocycles. The summed E-state index contributed by atoms with van der Waals surface area (Å²) >= 11 is 0. The lowest BCUT2D eigenvalue weighted by Gasteiger charge is -2.27. The minimum Gasteiger partial charge on any atom is -0.327 e. The zero-order valence-corrected chi connectivity index (χ0v) is 13.8. The highest BCUT2D eigenvalue weighted by Gasteiger charge is 2.24. The molecular formula is C14H22ClN3O3S. The summed E-state index contributed by atoms with van der Waals surface area (Å²) in [4.78, 5) is 12.0. The average molecular weight is 348 g/mol. The summed E-state index contributed by atoms with van der Waals surface area (Å²) < 4.78 is 22.3. The molecule has 1 fully saturated rings. The van der Waals surface area contributed by atoms with E-state index in [2.05, 4.69) is 5.32 Å². The molecule has 2 unspecified atom stereocenters. The van der Waals surface area contributed by atoms with Gasteiger partial charge in [-0.25, -0.2) is 13.6 Å². The fourth-order valence-electron chi connectivity index (χ4n) is 2.67. The van der Waals surface area contributed by atoms with Gasteiger partial charge in [-0.2, -0.15) is 0 Å². The molecule has 5 N–H and O–H groups in total. The number of primary sulfonamides is 1. The Bertz CT molecular complexity index is 604. The third kappa shape index (κ3) is 5.24. The second-order valence-corrected chi connectivity index (χ2v) is 7.09. The molecule has 0 heterocycles. The van der Waals surface area contributed by atoms with Crippen LogP contribution in [-0.2, 0) is 14.8 Å². The molecule has 22 heavy (non-hydrogen) atoms. The Morgan fingerprint density at radius 2 is 1.77 bits per heavy atom. The second kappa shape index (κ2) is 7.92. The zero-order valence-electron chi connectivity index (χ0n) is 12.2. The molecule has 1 amide bonds. The summed E-state index contributed by atoms with van der Waals surface area (Å²) in [6.45, 7) is 0. The first-order valence-electron chi connectivity index (χ1n) is 7.04. The number of carbonyl (C=O) groups is 1. The molecule has 0 aromatic heterocycles. The molecule has 1 aliphatic rings. The number of rotatable bonds is 4. The maximum atomic E-state index is 12.0. The molecule has 2 rings (SSSR count). The molecule has 0 bridgehead atoms. The van der Waals surface area contributed by atoms with Gasteiger partial charge in [-0.05, 0) is 43.0 Å². The summed E-state index contributed by atoms with van der Waals surface area (Å²) in [7, 11) is -3.71. The van der Waals surface area contributed by atoms with Crippen LogP contribution in [0.3, 0.4) is 0 Å². The van der Waals surface area contributed by atoms with Crippen molar-refractivity contribution in [1.29, 1.82) is 0 Å². The van der Waals surface area contributed by atoms with Gasteiger partial charge in [-0.15, -0.1) is 12.4 Å². The van der Waals surface area contributed by atoms with Crippen molar-refractivity contribution in [2.75, 3.05) is 5.32 Å². The van der Waals surface area contributed by atoms with Crippen molar-refractivity contribution in [2.45, 2.75) is 43.0 Å². The summed E-state index contributed by atoms with van der Waals surface area (Å²) in [6.07, 6.45) is 4.61. The van der Waals surface area contributed by atoms with Crippen molar-refractivity contribution < 1.29 is 13.2 Å². The Morgan fingerprint density at radius 1 is 1.18 bits per heavy atom. The largest absolute Gasteiger partial charge is 0.327 e. The summed E-state index contributed by atoms with van der Waals surface area (Å²) in [5, 5.41) is 7.78. The van der Waals surface area contributed by atoms with E-state index < -0.39 is 10.0 Å². The van der Waals surface area contributed by atoms with Crippen LogP contribution in [0.15, 0.2) is 29.2 Å². The molecule has 8 heteroatoms. The molecule has 0 aliphatic heterocycles. The second-order valence-electron chi connectivity index (χ2n) is 5.53. The van der Waals surface area contributed by atoms with Crippen LogP contribution in [0.2, 0.25) is 0 Å². The first kappa shape index (κ1) is 18.9. The maximum absolute atomic E-state index is 12.0. The van der Waals surface area contributed by atoms with Crippen LogP contribution in [0.25, 0.3) is 0 Å². The SMILES string of the molecule is Cl.NC1CCCCC1CC(=O)Nc1ccc(S(N)(=O)=O)cc1. The smallest absolute Gasteiger partial charge is 0.238 e. The van der Waals surface area contributed by atoms with Gasteiger partial charge in [0.25, 0.3) is 0 Å². The van der Waals surface area contributed by atoms with E-state index in [0.29, 0.717) is 12.1 Å². The van der Waals surface area contributed by atoms with E-state index in [-0.39, 0.29) is 35.2 Å². The van der Waals surface area contributed by atoms with Gasteiger partial charge in [0.05, 0.1) is 4.90 Å². The molecular weight excluding hydrogens is 326 g/mol. The van der Waals surface area contributed by atoms with Crippen LogP contribution in [0.5, 0.6) is 0 Å². The first-order valence-corrected chi connectivity index (χ1v) is 8.59. The van der Waals surface area contributed by atoms with Crippen molar-refractivity contribution >= 4 is 34.0 Å². The molecule has 1 aromatic rings. The van der Waals surface area contributed by atoms with E-state index in [1.54, 1.807) is 0 Å². The molecule has 0 radical (unpaired) electrons. The highest BCUT2D eigenvalue weighted by molar-refractivity contribution is 7.89. The molecule has 2 atom stereocenters. The monoisotopic (exact) mass is 347 g/mol. The highest BCUT2D eigenvalue weighted by atomic mass is 35.5. The fraction of sp³-hybridized carbons (Fsp3) is 0.500. The standard InChI is InChI=1S/C14H21N3O3S.ClH/c15-13-4-2-1-3-10(13)9-14(18)17-11-5-7-12(8-6-11)21(16,19)20;/h5-8,10,13H,1-4,9,15H2,(H,17,18)(H2,16,19,20);1H. The number of carbonyl (C=O) groups excluding carboxylic acids is 1. The zero-order chi connectivity index (χ0) is 15.5. The van der Waals surface area contributed by atoms with Crippen LogP contribution in [0.4, 0.5) is 5.69 Å². The van der Waals surface area contributed by atoms with Crippen LogP contribution >= 0.6 is 12.4 Å². The van der Waals surface area contributed by atoms with Crippen LogP contribution < -0.4 is 16.2 Å². The Morgan fingerprint density at radius 3 is 2.32 bits per heavy atom. The number of hydrogen-bond acceptors (Lipinski definition) is 4. The van der Waals surface area contributed by atoms with Gasteiger partial charge in [0, 0.05) is 18.2 Å². The van der Waals surface area contributed by atoms with Crippen LogP contribution in [0.1, 0.15) is 32.1 Å². The van der Waals surface area contributed by atoms with E-state index in [9.17, 15) is 13.2 Å². The number of nitrogens with one attached hydrogen (secondary N) is 1. The fourth-order valence-corrected chi connectivity index (χ4v) is 3.18. The minimum atomic E-state index is -3.71. The van der Waals surface area contributed by atoms with E-state index in [1.165, 1.54) is 24.3 Å². The Kier molecular flexibility index (Phi) is 6.80. The summed E-state index contributed by atoms with van der Waals surface area (Å²) in [6, 6.07) is 5.89. The molecule has 124 valence electrons. The number of amides is 1. The topological polar surface area (TPSA) is 115 Å². The number of anilines is 1. The van der Waals surface area contributed by atoms with Crippen molar-refractivity contribution in [3.63, 3.8) is 0 Å². The maximum Gasteiger partial charge on any atom is 0.238 e. The van der Waals surface area contributed by atoms with Crippen molar-refractivity contribution in [1.82, 2.24) is 0 Å².